The average Bonchev–Trinajstić information content (AvgIpc) is 2.88. The molecule has 2 saturated heterocycles. The Bertz CT molecular complexity index is 550. The predicted molar refractivity (Wildman–Crippen MR) is 101 cm³/mol. The molecule has 1 atom stereocenters. The molecule has 0 radical (unpaired) electrons. The van der Waals surface area contributed by atoms with Crippen molar-refractivity contribution in [3.05, 3.63) is 30.1 Å². The Hall–Kier alpha value is -1.54. The van der Waals surface area contributed by atoms with Crippen molar-refractivity contribution < 1.29 is 9.53 Å². The number of likely N-dealkylation sites (N-methyl/N-ethyl adjacent to an activating group) is 1. The zero-order valence-corrected chi connectivity index (χ0v) is 15.8. The quantitative estimate of drug-likeness (QED) is 0.782. The standard InChI is InChI=1S/C19H31N5O2/c1-22-6-3-7-23(9-8-22)16-19(25)21-15-18(17-4-2-5-20-14-17)24-10-12-26-13-11-24/h2,4-5,14,18H,3,6-13,15-16H2,1H3,(H,21,25)/t18-/m0/s1. The summed E-state index contributed by atoms with van der Waals surface area (Å²) in [6.45, 7) is 8.43. The number of aromatic nitrogens is 1. The SMILES string of the molecule is CN1CCCN(CC(=O)NC[C@@H](c2cccnc2)N2CCOCC2)CC1. The molecule has 0 spiro atoms. The van der Waals surface area contributed by atoms with Gasteiger partial charge >= 0.3 is 0 Å². The van der Waals surface area contributed by atoms with Crippen molar-refractivity contribution in [2.45, 2.75) is 12.5 Å². The number of carbonyl (C=O) groups excluding carboxylic acids is 1. The van der Waals surface area contributed by atoms with Crippen molar-refractivity contribution in [3.63, 3.8) is 0 Å². The molecule has 26 heavy (non-hydrogen) atoms. The lowest BCUT2D eigenvalue weighted by Gasteiger charge is -2.34. The zero-order valence-electron chi connectivity index (χ0n) is 15.8. The molecule has 7 nitrogen and oxygen atoms in total. The van der Waals surface area contributed by atoms with E-state index in [4.69, 9.17) is 4.74 Å². The molecule has 3 rings (SSSR count). The summed E-state index contributed by atoms with van der Waals surface area (Å²) in [5.74, 6) is 0.108. The molecule has 0 saturated carbocycles. The van der Waals surface area contributed by atoms with Crippen LogP contribution in [0.1, 0.15) is 18.0 Å². The fourth-order valence-corrected chi connectivity index (χ4v) is 3.65. The highest BCUT2D eigenvalue weighted by Crippen LogP contribution is 2.20. The van der Waals surface area contributed by atoms with E-state index in [1.165, 1.54) is 0 Å². The highest BCUT2D eigenvalue weighted by atomic mass is 16.5. The van der Waals surface area contributed by atoms with E-state index in [-0.39, 0.29) is 11.9 Å². The van der Waals surface area contributed by atoms with Gasteiger partial charge in [0, 0.05) is 45.1 Å². The molecule has 0 aliphatic carbocycles. The highest BCUT2D eigenvalue weighted by molar-refractivity contribution is 5.78. The molecular weight excluding hydrogens is 330 g/mol. The van der Waals surface area contributed by atoms with Gasteiger partial charge in [-0.3, -0.25) is 19.6 Å². The molecule has 0 unspecified atom stereocenters. The number of carbonyl (C=O) groups is 1. The Labute approximate surface area is 156 Å². The van der Waals surface area contributed by atoms with Crippen molar-refractivity contribution >= 4 is 5.91 Å². The van der Waals surface area contributed by atoms with Crippen LogP contribution in [-0.2, 0) is 9.53 Å². The first kappa shape index (κ1) is 19.2. The van der Waals surface area contributed by atoms with Crippen molar-refractivity contribution in [1.29, 1.82) is 0 Å². The van der Waals surface area contributed by atoms with Crippen molar-refractivity contribution in [3.8, 4) is 0 Å². The largest absolute Gasteiger partial charge is 0.379 e. The van der Waals surface area contributed by atoms with Gasteiger partial charge in [-0.25, -0.2) is 0 Å². The van der Waals surface area contributed by atoms with Gasteiger partial charge < -0.3 is 15.0 Å². The third-order valence-corrected chi connectivity index (χ3v) is 5.23. The maximum absolute atomic E-state index is 12.5. The Morgan fingerprint density at radius 2 is 2.08 bits per heavy atom. The zero-order chi connectivity index (χ0) is 18.2. The maximum Gasteiger partial charge on any atom is 0.234 e. The minimum absolute atomic E-state index is 0.108. The molecule has 3 heterocycles. The summed E-state index contributed by atoms with van der Waals surface area (Å²) in [4.78, 5) is 23.7. The van der Waals surface area contributed by atoms with Crippen LogP contribution in [0.25, 0.3) is 0 Å². The Kier molecular flexibility index (Phi) is 7.37. The van der Waals surface area contributed by atoms with Gasteiger partial charge in [-0.2, -0.15) is 0 Å². The molecule has 2 fully saturated rings. The summed E-state index contributed by atoms with van der Waals surface area (Å²) in [6, 6.07) is 4.19. The number of morpholine rings is 1. The first-order valence-electron chi connectivity index (χ1n) is 9.61. The molecule has 7 heteroatoms. The van der Waals surface area contributed by atoms with Gasteiger partial charge in [-0.05, 0) is 38.2 Å². The predicted octanol–water partition coefficient (Wildman–Crippen LogP) is 0.209. The number of hydrogen-bond acceptors (Lipinski definition) is 6. The van der Waals surface area contributed by atoms with Gasteiger partial charge in [0.05, 0.1) is 25.8 Å². The van der Waals surface area contributed by atoms with Gasteiger partial charge in [-0.1, -0.05) is 6.07 Å². The van der Waals surface area contributed by atoms with E-state index in [0.717, 1.165) is 64.5 Å². The summed E-state index contributed by atoms with van der Waals surface area (Å²) in [5, 5.41) is 3.15. The Balaban J connectivity index is 1.54. The topological polar surface area (TPSA) is 60.9 Å². The van der Waals surface area contributed by atoms with Crippen LogP contribution in [0.3, 0.4) is 0 Å². The normalized spacial score (nSPS) is 21.9. The van der Waals surface area contributed by atoms with Gasteiger partial charge in [0.2, 0.25) is 5.91 Å². The van der Waals surface area contributed by atoms with Crippen LogP contribution in [0.4, 0.5) is 0 Å². The fraction of sp³-hybridized carbons (Fsp3) is 0.684. The highest BCUT2D eigenvalue weighted by Gasteiger charge is 2.24. The molecule has 1 amide bonds. The Morgan fingerprint density at radius 3 is 2.85 bits per heavy atom. The number of nitrogens with zero attached hydrogens (tertiary/aromatic N) is 4. The number of nitrogens with one attached hydrogen (secondary N) is 1. The van der Waals surface area contributed by atoms with Gasteiger partial charge in [0.25, 0.3) is 0 Å². The van der Waals surface area contributed by atoms with Crippen LogP contribution in [0.15, 0.2) is 24.5 Å². The number of hydrogen-bond donors (Lipinski definition) is 1. The lowest BCUT2D eigenvalue weighted by Crippen LogP contribution is -2.45. The van der Waals surface area contributed by atoms with Crippen LogP contribution in [-0.4, -0.2) is 98.2 Å². The maximum atomic E-state index is 12.5. The van der Waals surface area contributed by atoms with E-state index in [2.05, 4.69) is 38.1 Å². The number of pyridine rings is 1. The minimum atomic E-state index is 0.108. The van der Waals surface area contributed by atoms with E-state index in [1.54, 1.807) is 6.20 Å². The summed E-state index contributed by atoms with van der Waals surface area (Å²) >= 11 is 0. The summed E-state index contributed by atoms with van der Waals surface area (Å²) in [5.41, 5.74) is 1.14. The fourth-order valence-electron chi connectivity index (χ4n) is 3.65. The molecule has 2 aliphatic heterocycles. The second-order valence-corrected chi connectivity index (χ2v) is 7.19. The van der Waals surface area contributed by atoms with Crippen molar-refractivity contribution in [2.24, 2.45) is 0 Å². The minimum Gasteiger partial charge on any atom is -0.379 e. The van der Waals surface area contributed by atoms with E-state index in [1.807, 2.05) is 12.3 Å². The number of amides is 1. The van der Waals surface area contributed by atoms with Crippen LogP contribution >= 0.6 is 0 Å². The first-order valence-corrected chi connectivity index (χ1v) is 9.61. The second-order valence-electron chi connectivity index (χ2n) is 7.19. The molecule has 1 aromatic rings. The van der Waals surface area contributed by atoms with Crippen molar-refractivity contribution in [2.75, 3.05) is 72.6 Å². The van der Waals surface area contributed by atoms with E-state index < -0.39 is 0 Å². The monoisotopic (exact) mass is 361 g/mol. The van der Waals surface area contributed by atoms with Gasteiger partial charge in [0.1, 0.15) is 0 Å². The third-order valence-electron chi connectivity index (χ3n) is 5.23. The lowest BCUT2D eigenvalue weighted by atomic mass is 10.1. The molecule has 1 aromatic heterocycles. The molecular formula is C19H31N5O2. The average molecular weight is 361 g/mol. The van der Waals surface area contributed by atoms with E-state index in [9.17, 15) is 4.79 Å². The summed E-state index contributed by atoms with van der Waals surface area (Å²) in [7, 11) is 2.14. The second kappa shape index (κ2) is 9.97. The molecule has 1 N–H and O–H groups in total. The van der Waals surface area contributed by atoms with E-state index in [0.29, 0.717) is 13.1 Å². The van der Waals surface area contributed by atoms with Gasteiger partial charge in [-0.15, -0.1) is 0 Å². The van der Waals surface area contributed by atoms with Crippen molar-refractivity contribution in [1.82, 2.24) is 25.0 Å². The van der Waals surface area contributed by atoms with E-state index >= 15 is 0 Å². The van der Waals surface area contributed by atoms with Crippen LogP contribution in [0, 0.1) is 0 Å². The molecule has 0 bridgehead atoms. The van der Waals surface area contributed by atoms with Crippen LogP contribution in [0.2, 0.25) is 0 Å². The van der Waals surface area contributed by atoms with Crippen LogP contribution < -0.4 is 5.32 Å². The molecule has 144 valence electrons. The molecule has 0 aromatic carbocycles. The lowest BCUT2D eigenvalue weighted by molar-refractivity contribution is -0.122. The Morgan fingerprint density at radius 1 is 1.23 bits per heavy atom. The van der Waals surface area contributed by atoms with Gasteiger partial charge in [0.15, 0.2) is 0 Å². The number of rotatable bonds is 6. The summed E-state index contributed by atoms with van der Waals surface area (Å²) < 4.78 is 5.48. The summed E-state index contributed by atoms with van der Waals surface area (Å²) in [6.07, 6.45) is 4.81. The number of ether oxygens (including phenoxy) is 1. The smallest absolute Gasteiger partial charge is 0.234 e. The third kappa shape index (κ3) is 5.74. The van der Waals surface area contributed by atoms with Crippen LogP contribution in [0.5, 0.6) is 0 Å². The molecule has 2 aliphatic rings. The first-order chi connectivity index (χ1) is 12.7.